The molecule has 0 unspecified atom stereocenters. The summed E-state index contributed by atoms with van der Waals surface area (Å²) in [6.07, 6.45) is 20.3. The maximum Gasteiger partial charge on any atom is 0.260 e. The molecule has 1 aromatic carbocycles. The molecule has 1 aromatic heterocycles. The Morgan fingerprint density at radius 3 is 2.05 bits per heavy atom. The number of imide groups is 1. The minimum Gasteiger partial charge on any atom is -0.493 e. The standard InChI is InChI=1S/C35H55N2O4/c1-5-7-8-9-10-11-12-13-14-15-16-19-28-41-33-24-23-31(29-34(33)40-4)35(39)37(30(3)38)27-20-22-32-21-17-18-26-36(32)25-6-2/h17-18,21,23-24,26,29H,5-16,19-20,22,25,27-28H2,1-4H3/q+1. The van der Waals surface area contributed by atoms with E-state index in [0.717, 1.165) is 32.2 Å². The third-order valence-corrected chi connectivity index (χ3v) is 7.61. The molecule has 228 valence electrons. The number of rotatable bonds is 22. The predicted molar refractivity (Wildman–Crippen MR) is 167 cm³/mol. The second kappa shape index (κ2) is 20.9. The van der Waals surface area contributed by atoms with Crippen LogP contribution < -0.4 is 14.0 Å². The molecule has 0 aliphatic carbocycles. The summed E-state index contributed by atoms with van der Waals surface area (Å²) in [6, 6.07) is 11.4. The lowest BCUT2D eigenvalue weighted by atomic mass is 10.1. The fraction of sp³-hybridized carbons (Fsp3) is 0.629. The number of unbranched alkanes of at least 4 members (excludes halogenated alkanes) is 11. The van der Waals surface area contributed by atoms with E-state index in [9.17, 15) is 9.59 Å². The van der Waals surface area contributed by atoms with Gasteiger partial charge in [0.15, 0.2) is 23.4 Å². The number of carbonyl (C=O) groups is 2. The normalized spacial score (nSPS) is 10.9. The van der Waals surface area contributed by atoms with Gasteiger partial charge in [-0.05, 0) is 31.0 Å². The first kappa shape index (κ1) is 34.3. The Labute approximate surface area is 249 Å². The van der Waals surface area contributed by atoms with Crippen LogP contribution in [0, 0.1) is 0 Å². The Morgan fingerprint density at radius 2 is 1.44 bits per heavy atom. The molecule has 41 heavy (non-hydrogen) atoms. The minimum absolute atomic E-state index is 0.254. The molecule has 1 heterocycles. The van der Waals surface area contributed by atoms with E-state index in [4.69, 9.17) is 9.47 Å². The molecule has 0 N–H and O–H groups in total. The molecule has 0 spiro atoms. The Hall–Kier alpha value is -2.89. The van der Waals surface area contributed by atoms with Crippen molar-refractivity contribution < 1.29 is 23.6 Å². The number of aryl methyl sites for hydroxylation is 2. The number of hydrogen-bond donors (Lipinski definition) is 0. The van der Waals surface area contributed by atoms with Gasteiger partial charge < -0.3 is 9.47 Å². The van der Waals surface area contributed by atoms with Gasteiger partial charge in [0, 0.05) is 44.0 Å². The Bertz CT molecular complexity index is 1020. The van der Waals surface area contributed by atoms with Gasteiger partial charge in [-0.3, -0.25) is 14.5 Å². The molecule has 2 amide bonds. The first-order valence-electron chi connectivity index (χ1n) is 16.1. The van der Waals surface area contributed by atoms with Crippen LogP contribution in [-0.4, -0.2) is 37.0 Å². The molecule has 0 aliphatic rings. The highest BCUT2D eigenvalue weighted by molar-refractivity contribution is 6.04. The second-order valence-electron chi connectivity index (χ2n) is 11.1. The molecule has 0 atom stereocenters. The Morgan fingerprint density at radius 1 is 0.780 bits per heavy atom. The third kappa shape index (κ3) is 13.1. The average molecular weight is 568 g/mol. The highest BCUT2D eigenvalue weighted by Crippen LogP contribution is 2.29. The van der Waals surface area contributed by atoms with Crippen molar-refractivity contribution in [1.82, 2.24) is 4.90 Å². The van der Waals surface area contributed by atoms with Gasteiger partial charge in [-0.2, -0.15) is 0 Å². The highest BCUT2D eigenvalue weighted by Gasteiger charge is 2.22. The van der Waals surface area contributed by atoms with E-state index in [0.29, 0.717) is 36.6 Å². The number of benzene rings is 1. The number of nitrogens with zero attached hydrogens (tertiary/aromatic N) is 2. The monoisotopic (exact) mass is 567 g/mol. The lowest BCUT2D eigenvalue weighted by molar-refractivity contribution is -0.704. The molecule has 2 rings (SSSR count). The second-order valence-corrected chi connectivity index (χ2v) is 11.1. The van der Waals surface area contributed by atoms with Gasteiger partial charge in [-0.1, -0.05) is 90.5 Å². The van der Waals surface area contributed by atoms with Crippen LogP contribution in [0.15, 0.2) is 42.6 Å². The van der Waals surface area contributed by atoms with Crippen LogP contribution in [0.1, 0.15) is 127 Å². The van der Waals surface area contributed by atoms with Crippen LogP contribution in [0.4, 0.5) is 0 Å². The van der Waals surface area contributed by atoms with Gasteiger partial charge in [0.05, 0.1) is 13.7 Å². The number of ether oxygens (including phenoxy) is 2. The summed E-state index contributed by atoms with van der Waals surface area (Å²) in [5, 5.41) is 0. The van der Waals surface area contributed by atoms with Crippen molar-refractivity contribution in [1.29, 1.82) is 0 Å². The van der Waals surface area contributed by atoms with Crippen molar-refractivity contribution in [2.75, 3.05) is 20.3 Å². The smallest absolute Gasteiger partial charge is 0.260 e. The summed E-state index contributed by atoms with van der Waals surface area (Å²) >= 11 is 0. The number of methoxy groups -OCH3 is 1. The van der Waals surface area contributed by atoms with E-state index < -0.39 is 0 Å². The SMILES string of the molecule is CCCCCCCCCCCCCCOc1ccc(C(=O)N(CCCc2cccc[n+]2CCC)C(C)=O)cc1OC. The summed E-state index contributed by atoms with van der Waals surface area (Å²) in [5.41, 5.74) is 1.64. The molecule has 0 saturated carbocycles. The molecule has 0 aliphatic heterocycles. The molecule has 0 radical (unpaired) electrons. The summed E-state index contributed by atoms with van der Waals surface area (Å²) < 4.78 is 13.8. The molecule has 0 saturated heterocycles. The van der Waals surface area contributed by atoms with Crippen molar-refractivity contribution in [3.63, 3.8) is 0 Å². The van der Waals surface area contributed by atoms with Crippen molar-refractivity contribution in [3.05, 3.63) is 53.9 Å². The van der Waals surface area contributed by atoms with Crippen LogP contribution in [0.5, 0.6) is 11.5 Å². The Balaban J connectivity index is 1.76. The van der Waals surface area contributed by atoms with E-state index in [1.165, 1.54) is 81.7 Å². The predicted octanol–water partition coefficient (Wildman–Crippen LogP) is 8.09. The molecule has 0 fully saturated rings. The van der Waals surface area contributed by atoms with Gasteiger partial charge >= 0.3 is 0 Å². The summed E-state index contributed by atoms with van der Waals surface area (Å²) in [5.74, 6) is 0.586. The van der Waals surface area contributed by atoms with E-state index in [1.807, 2.05) is 12.1 Å². The summed E-state index contributed by atoms with van der Waals surface area (Å²) in [7, 11) is 1.58. The lowest BCUT2D eigenvalue weighted by Crippen LogP contribution is -2.39. The molecule has 0 bridgehead atoms. The van der Waals surface area contributed by atoms with Crippen LogP contribution in [0.25, 0.3) is 0 Å². The van der Waals surface area contributed by atoms with E-state index in [-0.39, 0.29) is 11.8 Å². The number of aromatic nitrogens is 1. The van der Waals surface area contributed by atoms with E-state index in [2.05, 4.69) is 30.7 Å². The van der Waals surface area contributed by atoms with Crippen LogP contribution in [0.3, 0.4) is 0 Å². The number of amides is 2. The fourth-order valence-corrected chi connectivity index (χ4v) is 5.22. The van der Waals surface area contributed by atoms with Crippen LogP contribution >= 0.6 is 0 Å². The third-order valence-electron chi connectivity index (χ3n) is 7.61. The molecule has 6 heteroatoms. The number of hydrogen-bond acceptors (Lipinski definition) is 4. The van der Waals surface area contributed by atoms with E-state index >= 15 is 0 Å². The van der Waals surface area contributed by atoms with Crippen molar-refractivity contribution in [2.24, 2.45) is 0 Å². The zero-order valence-corrected chi connectivity index (χ0v) is 26.3. The van der Waals surface area contributed by atoms with Crippen LogP contribution in [0.2, 0.25) is 0 Å². The van der Waals surface area contributed by atoms with Crippen molar-refractivity contribution in [3.8, 4) is 11.5 Å². The quantitative estimate of drug-likeness (QED) is 0.107. The molecule has 2 aromatic rings. The average Bonchev–Trinajstić information content (AvgIpc) is 2.98. The maximum atomic E-state index is 13.3. The van der Waals surface area contributed by atoms with Gasteiger partial charge in [0.2, 0.25) is 5.91 Å². The summed E-state index contributed by atoms with van der Waals surface area (Å²) in [6.45, 7) is 7.82. The molecular weight excluding hydrogens is 512 g/mol. The van der Waals surface area contributed by atoms with Gasteiger partial charge in [-0.15, -0.1) is 0 Å². The fourth-order valence-electron chi connectivity index (χ4n) is 5.22. The molecular formula is C35H55N2O4+. The first-order valence-corrected chi connectivity index (χ1v) is 16.1. The first-order chi connectivity index (χ1) is 20.0. The lowest BCUT2D eigenvalue weighted by Gasteiger charge is -2.20. The van der Waals surface area contributed by atoms with Gasteiger partial charge in [0.1, 0.15) is 6.54 Å². The van der Waals surface area contributed by atoms with Crippen molar-refractivity contribution in [2.45, 2.75) is 124 Å². The summed E-state index contributed by atoms with van der Waals surface area (Å²) in [4.78, 5) is 27.0. The van der Waals surface area contributed by atoms with E-state index in [1.54, 1.807) is 25.3 Å². The molecule has 6 nitrogen and oxygen atoms in total. The highest BCUT2D eigenvalue weighted by atomic mass is 16.5. The minimum atomic E-state index is -0.308. The zero-order valence-electron chi connectivity index (χ0n) is 26.3. The van der Waals surface area contributed by atoms with Gasteiger partial charge in [0.25, 0.3) is 5.91 Å². The van der Waals surface area contributed by atoms with Gasteiger partial charge in [-0.25, -0.2) is 4.57 Å². The largest absolute Gasteiger partial charge is 0.493 e. The zero-order chi connectivity index (χ0) is 29.7. The number of pyridine rings is 1. The maximum absolute atomic E-state index is 13.3. The Kier molecular flexibility index (Phi) is 17.5. The van der Waals surface area contributed by atoms with Crippen molar-refractivity contribution >= 4 is 11.8 Å². The number of carbonyl (C=O) groups excluding carboxylic acids is 2. The van der Waals surface area contributed by atoms with Crippen LogP contribution in [-0.2, 0) is 17.8 Å². The topological polar surface area (TPSA) is 59.7 Å².